The monoisotopic (exact) mass is 239 g/mol. The Hall–Kier alpha value is -1.41. The highest BCUT2D eigenvalue weighted by Gasteiger charge is 2.47. The van der Waals surface area contributed by atoms with Crippen LogP contribution in [-0.2, 0) is 0 Å². The third-order valence-corrected chi connectivity index (χ3v) is 4.68. The van der Waals surface area contributed by atoms with Crippen molar-refractivity contribution in [3.8, 4) is 0 Å². The molecule has 2 saturated carbocycles. The lowest BCUT2D eigenvalue weighted by molar-refractivity contribution is 0.104. The molecule has 2 aliphatic carbocycles. The van der Waals surface area contributed by atoms with Crippen LogP contribution in [0.4, 0.5) is 0 Å². The summed E-state index contributed by atoms with van der Waals surface area (Å²) < 4.78 is 0. The SMILES string of the molecule is OC(c1cnc2ccccc2c1)C1CC2CC2C1. The number of aromatic nitrogens is 1. The van der Waals surface area contributed by atoms with E-state index in [4.69, 9.17) is 0 Å². The number of rotatable bonds is 2. The second kappa shape index (κ2) is 3.79. The topological polar surface area (TPSA) is 33.1 Å². The Morgan fingerprint density at radius 1 is 1.11 bits per heavy atom. The number of benzene rings is 1. The van der Waals surface area contributed by atoms with Gasteiger partial charge in [-0.1, -0.05) is 18.2 Å². The van der Waals surface area contributed by atoms with Crippen molar-refractivity contribution in [3.63, 3.8) is 0 Å². The van der Waals surface area contributed by atoms with Gasteiger partial charge in [-0.05, 0) is 54.7 Å². The average molecular weight is 239 g/mol. The van der Waals surface area contributed by atoms with Crippen LogP contribution in [0.2, 0.25) is 0 Å². The molecule has 2 aromatic rings. The van der Waals surface area contributed by atoms with E-state index in [9.17, 15) is 5.11 Å². The zero-order valence-corrected chi connectivity index (χ0v) is 10.3. The molecule has 0 saturated heterocycles. The molecule has 2 nitrogen and oxygen atoms in total. The number of nitrogens with zero attached hydrogens (tertiary/aromatic N) is 1. The molecule has 1 aromatic carbocycles. The van der Waals surface area contributed by atoms with Crippen molar-refractivity contribution in [1.82, 2.24) is 4.98 Å². The van der Waals surface area contributed by atoms with Gasteiger partial charge < -0.3 is 5.11 Å². The quantitative estimate of drug-likeness (QED) is 0.872. The van der Waals surface area contributed by atoms with Crippen molar-refractivity contribution in [2.45, 2.75) is 25.4 Å². The molecule has 0 radical (unpaired) electrons. The fraction of sp³-hybridized carbons (Fsp3) is 0.438. The minimum atomic E-state index is -0.324. The summed E-state index contributed by atoms with van der Waals surface area (Å²) >= 11 is 0. The summed E-state index contributed by atoms with van der Waals surface area (Å²) in [6.07, 6.45) is 5.34. The van der Waals surface area contributed by atoms with Crippen molar-refractivity contribution >= 4 is 10.9 Å². The average Bonchev–Trinajstić information content (AvgIpc) is 3.04. The Labute approximate surface area is 107 Å². The van der Waals surface area contributed by atoms with E-state index >= 15 is 0 Å². The van der Waals surface area contributed by atoms with Crippen LogP contribution in [-0.4, -0.2) is 10.1 Å². The summed E-state index contributed by atoms with van der Waals surface area (Å²) in [5, 5.41) is 11.6. The van der Waals surface area contributed by atoms with E-state index in [1.807, 2.05) is 24.4 Å². The summed E-state index contributed by atoms with van der Waals surface area (Å²) in [7, 11) is 0. The lowest BCUT2D eigenvalue weighted by Crippen LogP contribution is -2.11. The summed E-state index contributed by atoms with van der Waals surface area (Å²) in [6, 6.07) is 10.2. The van der Waals surface area contributed by atoms with Crippen molar-refractivity contribution in [3.05, 3.63) is 42.1 Å². The van der Waals surface area contributed by atoms with Crippen LogP contribution in [0.25, 0.3) is 10.9 Å². The van der Waals surface area contributed by atoms with Gasteiger partial charge >= 0.3 is 0 Å². The molecular formula is C16H17NO. The van der Waals surface area contributed by atoms with E-state index in [1.54, 1.807) is 0 Å². The van der Waals surface area contributed by atoms with Gasteiger partial charge in [-0.15, -0.1) is 0 Å². The predicted octanol–water partition coefficient (Wildman–Crippen LogP) is 3.31. The van der Waals surface area contributed by atoms with Crippen LogP contribution in [0.15, 0.2) is 36.5 Å². The van der Waals surface area contributed by atoms with Gasteiger partial charge in [0.1, 0.15) is 0 Å². The molecule has 0 aliphatic heterocycles. The highest BCUT2D eigenvalue weighted by atomic mass is 16.3. The largest absolute Gasteiger partial charge is 0.388 e. The first-order chi connectivity index (χ1) is 8.81. The van der Waals surface area contributed by atoms with Crippen molar-refractivity contribution in [1.29, 1.82) is 0 Å². The van der Waals surface area contributed by atoms with Gasteiger partial charge in [-0.2, -0.15) is 0 Å². The van der Waals surface area contributed by atoms with Crippen LogP contribution < -0.4 is 0 Å². The minimum absolute atomic E-state index is 0.324. The predicted molar refractivity (Wildman–Crippen MR) is 71.0 cm³/mol. The highest BCUT2D eigenvalue weighted by Crippen LogP contribution is 2.57. The van der Waals surface area contributed by atoms with E-state index in [0.717, 1.165) is 28.3 Å². The smallest absolute Gasteiger partial charge is 0.0833 e. The first-order valence-electron chi connectivity index (χ1n) is 6.84. The second-order valence-electron chi connectivity index (χ2n) is 5.89. The molecule has 2 fully saturated rings. The van der Waals surface area contributed by atoms with Gasteiger partial charge in [0.25, 0.3) is 0 Å². The molecule has 2 heteroatoms. The Kier molecular flexibility index (Phi) is 2.21. The number of hydrogen-bond acceptors (Lipinski definition) is 2. The van der Waals surface area contributed by atoms with Gasteiger partial charge in [0, 0.05) is 11.6 Å². The van der Waals surface area contributed by atoms with Gasteiger partial charge in [-0.25, -0.2) is 0 Å². The number of aliphatic hydroxyl groups excluding tert-OH is 1. The normalized spacial score (nSPS) is 31.3. The first kappa shape index (κ1) is 10.5. The van der Waals surface area contributed by atoms with Crippen LogP contribution >= 0.6 is 0 Å². The number of hydrogen-bond donors (Lipinski definition) is 1. The molecule has 18 heavy (non-hydrogen) atoms. The van der Waals surface area contributed by atoms with Crippen LogP contribution in [0.1, 0.15) is 30.9 Å². The molecule has 92 valence electrons. The third kappa shape index (κ3) is 1.64. The lowest BCUT2D eigenvalue weighted by atomic mass is 9.92. The van der Waals surface area contributed by atoms with Crippen molar-refractivity contribution < 1.29 is 5.11 Å². The Morgan fingerprint density at radius 3 is 2.72 bits per heavy atom. The van der Waals surface area contributed by atoms with E-state index in [2.05, 4.69) is 17.1 Å². The first-order valence-corrected chi connectivity index (χ1v) is 6.84. The molecule has 1 N–H and O–H groups in total. The molecule has 1 heterocycles. The highest BCUT2D eigenvalue weighted by molar-refractivity contribution is 5.78. The molecule has 0 bridgehead atoms. The molecule has 0 spiro atoms. The molecule has 3 unspecified atom stereocenters. The summed E-state index contributed by atoms with van der Waals surface area (Å²) in [6.45, 7) is 0. The zero-order chi connectivity index (χ0) is 12.1. The van der Waals surface area contributed by atoms with E-state index in [-0.39, 0.29) is 6.10 Å². The standard InChI is InChI=1S/C16H17NO/c18-16(13-7-11-6-12(11)8-13)14-5-10-3-1-2-4-15(10)17-9-14/h1-5,9,11-13,16,18H,6-8H2. The van der Waals surface area contributed by atoms with E-state index in [1.165, 1.54) is 19.3 Å². The van der Waals surface area contributed by atoms with Gasteiger partial charge in [0.05, 0.1) is 11.6 Å². The number of para-hydroxylation sites is 1. The van der Waals surface area contributed by atoms with E-state index in [0.29, 0.717) is 5.92 Å². The van der Waals surface area contributed by atoms with Crippen LogP contribution in [0.5, 0.6) is 0 Å². The second-order valence-corrected chi connectivity index (χ2v) is 5.89. The number of aliphatic hydroxyl groups is 1. The Bertz CT molecular complexity index is 584. The summed E-state index contributed by atoms with van der Waals surface area (Å²) in [4.78, 5) is 4.44. The third-order valence-electron chi connectivity index (χ3n) is 4.68. The molecule has 4 rings (SSSR count). The molecule has 2 aliphatic rings. The van der Waals surface area contributed by atoms with Gasteiger partial charge in [-0.3, -0.25) is 4.98 Å². The number of fused-ring (bicyclic) bond motifs is 2. The van der Waals surface area contributed by atoms with Gasteiger partial charge in [0.2, 0.25) is 0 Å². The molecule has 1 aromatic heterocycles. The van der Waals surface area contributed by atoms with Crippen LogP contribution in [0.3, 0.4) is 0 Å². The lowest BCUT2D eigenvalue weighted by Gasteiger charge is -2.19. The number of pyridine rings is 1. The summed E-state index contributed by atoms with van der Waals surface area (Å²) in [5.74, 6) is 2.29. The maximum atomic E-state index is 10.5. The van der Waals surface area contributed by atoms with Gasteiger partial charge in [0.15, 0.2) is 0 Å². The fourth-order valence-electron chi connectivity index (χ4n) is 3.54. The molecular weight excluding hydrogens is 222 g/mol. The zero-order valence-electron chi connectivity index (χ0n) is 10.3. The summed E-state index contributed by atoms with van der Waals surface area (Å²) in [5.41, 5.74) is 1.99. The minimum Gasteiger partial charge on any atom is -0.388 e. The molecule has 3 atom stereocenters. The molecule has 0 amide bonds. The maximum Gasteiger partial charge on any atom is 0.0833 e. The fourth-order valence-corrected chi connectivity index (χ4v) is 3.54. The van der Waals surface area contributed by atoms with Crippen molar-refractivity contribution in [2.24, 2.45) is 17.8 Å². The Balaban J connectivity index is 1.65. The maximum absolute atomic E-state index is 10.5. The Morgan fingerprint density at radius 2 is 1.89 bits per heavy atom. The van der Waals surface area contributed by atoms with Crippen molar-refractivity contribution in [2.75, 3.05) is 0 Å². The van der Waals surface area contributed by atoms with E-state index < -0.39 is 0 Å². The van der Waals surface area contributed by atoms with Crippen LogP contribution in [0, 0.1) is 17.8 Å².